The lowest BCUT2D eigenvalue weighted by molar-refractivity contribution is -0.531. The average Bonchev–Trinajstić information content (AvgIpc) is 2.61. The van der Waals surface area contributed by atoms with Gasteiger partial charge < -0.3 is 9.29 Å². The number of nitrogens with zero attached hydrogens (tertiary/aromatic N) is 2. The van der Waals surface area contributed by atoms with E-state index in [2.05, 4.69) is 5.10 Å². The highest BCUT2D eigenvalue weighted by molar-refractivity contribution is 7.85. The number of hydrogen-bond acceptors (Lipinski definition) is 6. The van der Waals surface area contributed by atoms with Crippen molar-refractivity contribution in [2.75, 3.05) is 18.9 Å². The van der Waals surface area contributed by atoms with Crippen LogP contribution in [0.5, 0.6) is 0 Å². The molecule has 1 atom stereocenters. The molecule has 0 fully saturated rings. The molecule has 8 heteroatoms. The molecule has 0 bridgehead atoms. The molecule has 0 N–H and O–H groups in total. The lowest BCUT2D eigenvalue weighted by Gasteiger charge is -2.20. The van der Waals surface area contributed by atoms with Crippen LogP contribution >= 0.6 is 0 Å². The van der Waals surface area contributed by atoms with E-state index in [1.54, 1.807) is 11.6 Å². The Labute approximate surface area is 131 Å². The molecule has 0 amide bonds. The third-order valence-electron chi connectivity index (χ3n) is 4.15. The highest BCUT2D eigenvalue weighted by Gasteiger charge is 2.44. The van der Waals surface area contributed by atoms with Gasteiger partial charge in [-0.15, -0.1) is 0 Å². The lowest BCUT2D eigenvalue weighted by Crippen LogP contribution is -2.33. The van der Waals surface area contributed by atoms with Gasteiger partial charge in [-0.1, -0.05) is 4.68 Å². The summed E-state index contributed by atoms with van der Waals surface area (Å²) in [5, 5.41) is 4.43. The number of rotatable bonds is 8. The van der Waals surface area contributed by atoms with E-state index in [1.807, 2.05) is 20.8 Å². The Morgan fingerprint density at radius 2 is 2.05 bits per heavy atom. The van der Waals surface area contributed by atoms with Crippen LogP contribution in [0.25, 0.3) is 0 Å². The summed E-state index contributed by atoms with van der Waals surface area (Å²) in [7, 11) is -4.20. The van der Waals surface area contributed by atoms with Crippen LogP contribution in [0.1, 0.15) is 47.0 Å². The number of esters is 1. The molecule has 22 heavy (non-hydrogen) atoms. The fourth-order valence-electron chi connectivity index (χ4n) is 2.47. The number of carbonyl (C=O) groups is 1. The van der Waals surface area contributed by atoms with Crippen molar-refractivity contribution in [2.45, 2.75) is 47.0 Å². The highest BCUT2D eigenvalue weighted by atomic mass is 32.2. The van der Waals surface area contributed by atoms with Crippen molar-refractivity contribution >= 4 is 27.5 Å². The Morgan fingerprint density at radius 1 is 1.41 bits per heavy atom. The van der Waals surface area contributed by atoms with Gasteiger partial charge in [-0.2, -0.15) is 0 Å². The fourth-order valence-corrected chi connectivity index (χ4v) is 2.95. The molecule has 1 unspecified atom stereocenters. The van der Waals surface area contributed by atoms with Gasteiger partial charge >= 0.3 is 5.97 Å². The third-order valence-corrected chi connectivity index (χ3v) is 4.94. The predicted molar refractivity (Wildman–Crippen MR) is 82.1 cm³/mol. The van der Waals surface area contributed by atoms with Gasteiger partial charge in [0.1, 0.15) is 0 Å². The van der Waals surface area contributed by atoms with Gasteiger partial charge in [-0.3, -0.25) is 4.79 Å². The minimum atomic E-state index is -4.20. The van der Waals surface area contributed by atoms with Crippen molar-refractivity contribution in [3.05, 3.63) is 0 Å². The molecular formula is C14H24N2O5S. The molecule has 0 radical (unpaired) electrons. The normalized spacial score (nSPS) is 22.0. The SMILES string of the molecule is CCOC(=O)CCC1(C)C(C)=N[N+](CCCS(=O)(=O)[O-])=C1C. The van der Waals surface area contributed by atoms with Crippen molar-refractivity contribution < 1.29 is 27.2 Å². The zero-order chi connectivity index (χ0) is 17.0. The summed E-state index contributed by atoms with van der Waals surface area (Å²) in [6.45, 7) is 8.31. The maximum atomic E-state index is 11.5. The third kappa shape index (κ3) is 4.88. The molecule has 0 spiro atoms. The van der Waals surface area contributed by atoms with E-state index in [0.717, 1.165) is 11.4 Å². The summed E-state index contributed by atoms with van der Waals surface area (Å²) in [6, 6.07) is 0. The monoisotopic (exact) mass is 332 g/mol. The number of carbonyl (C=O) groups excluding carboxylic acids is 1. The second-order valence-electron chi connectivity index (χ2n) is 5.65. The van der Waals surface area contributed by atoms with Gasteiger partial charge in [0.25, 0.3) is 0 Å². The minimum Gasteiger partial charge on any atom is -0.748 e. The van der Waals surface area contributed by atoms with Crippen LogP contribution in [0.3, 0.4) is 0 Å². The van der Waals surface area contributed by atoms with Crippen LogP contribution in [0.2, 0.25) is 0 Å². The van der Waals surface area contributed by atoms with E-state index in [4.69, 9.17) is 4.74 Å². The topological polar surface area (TPSA) is 98.9 Å². The van der Waals surface area contributed by atoms with Crippen molar-refractivity contribution in [3.63, 3.8) is 0 Å². The first-order valence-corrected chi connectivity index (χ1v) is 8.94. The number of hydrazone groups is 1. The van der Waals surface area contributed by atoms with E-state index >= 15 is 0 Å². The smallest absolute Gasteiger partial charge is 0.305 e. The molecule has 1 rings (SSSR count). The van der Waals surface area contributed by atoms with Crippen LogP contribution in [0.15, 0.2) is 5.10 Å². The van der Waals surface area contributed by atoms with Gasteiger partial charge in [0.15, 0.2) is 12.3 Å². The highest BCUT2D eigenvalue weighted by Crippen LogP contribution is 2.31. The molecule has 0 aliphatic carbocycles. The summed E-state index contributed by atoms with van der Waals surface area (Å²) in [5.74, 6) is -0.634. The Bertz CT molecular complexity index is 594. The van der Waals surface area contributed by atoms with Crippen LogP contribution < -0.4 is 0 Å². The number of hydrogen-bond donors (Lipinski definition) is 0. The first kappa shape index (κ1) is 18.8. The minimum absolute atomic E-state index is 0.230. The maximum absolute atomic E-state index is 11.5. The van der Waals surface area contributed by atoms with E-state index in [0.29, 0.717) is 26.0 Å². The Kier molecular flexibility index (Phi) is 6.25. The van der Waals surface area contributed by atoms with Gasteiger partial charge in [0.05, 0.1) is 27.9 Å². The summed E-state index contributed by atoms with van der Waals surface area (Å²) in [6.07, 6.45) is 1.12. The van der Waals surface area contributed by atoms with Crippen LogP contribution in [0, 0.1) is 5.41 Å². The van der Waals surface area contributed by atoms with Crippen molar-refractivity contribution in [1.82, 2.24) is 0 Å². The predicted octanol–water partition coefficient (Wildman–Crippen LogP) is 1.13. The maximum Gasteiger partial charge on any atom is 0.305 e. The van der Waals surface area contributed by atoms with Crippen molar-refractivity contribution in [1.29, 1.82) is 0 Å². The Balaban J connectivity index is 2.72. The van der Waals surface area contributed by atoms with E-state index in [-0.39, 0.29) is 17.8 Å². The molecule has 0 saturated heterocycles. The summed E-state index contributed by atoms with van der Waals surface area (Å²) in [5.41, 5.74) is 1.49. The first-order valence-electron chi connectivity index (χ1n) is 7.36. The molecule has 0 saturated carbocycles. The second-order valence-corrected chi connectivity index (χ2v) is 7.17. The molecule has 0 aromatic rings. The Hall–Kier alpha value is -1.28. The molecule has 1 heterocycles. The average molecular weight is 332 g/mol. The van der Waals surface area contributed by atoms with Crippen LogP contribution in [-0.4, -0.2) is 54.0 Å². The summed E-state index contributed by atoms with van der Waals surface area (Å²) < 4.78 is 38.6. The van der Waals surface area contributed by atoms with Gasteiger partial charge in [-0.05, 0) is 32.3 Å². The summed E-state index contributed by atoms with van der Waals surface area (Å²) >= 11 is 0. The number of ether oxygens (including phenoxy) is 1. The molecule has 1 aliphatic rings. The van der Waals surface area contributed by atoms with Gasteiger partial charge in [0.2, 0.25) is 0 Å². The molecular weight excluding hydrogens is 308 g/mol. The molecule has 0 aromatic carbocycles. The largest absolute Gasteiger partial charge is 0.748 e. The van der Waals surface area contributed by atoms with Gasteiger partial charge in [-0.25, -0.2) is 8.42 Å². The molecule has 7 nitrogen and oxygen atoms in total. The van der Waals surface area contributed by atoms with E-state index < -0.39 is 15.9 Å². The van der Waals surface area contributed by atoms with E-state index in [1.165, 1.54) is 0 Å². The Morgan fingerprint density at radius 3 is 2.59 bits per heavy atom. The standard InChI is InChI=1S/C14H24N2O5S/c1-5-21-13(17)7-8-14(4)11(2)15-16(12(14)3)9-6-10-22(18,19)20/h5-10H2,1-4H3. The fraction of sp³-hybridized carbons (Fsp3) is 0.786. The lowest BCUT2D eigenvalue weighted by atomic mass is 9.78. The zero-order valence-corrected chi connectivity index (χ0v) is 14.4. The van der Waals surface area contributed by atoms with Crippen molar-refractivity contribution in [3.8, 4) is 0 Å². The zero-order valence-electron chi connectivity index (χ0n) is 13.6. The van der Waals surface area contributed by atoms with Crippen molar-refractivity contribution in [2.24, 2.45) is 10.5 Å². The molecule has 0 aromatic heterocycles. The van der Waals surface area contributed by atoms with Crippen LogP contribution in [-0.2, 0) is 19.6 Å². The second kappa shape index (κ2) is 7.32. The first-order chi connectivity index (χ1) is 10.1. The molecule has 1 aliphatic heterocycles. The van der Waals surface area contributed by atoms with E-state index in [9.17, 15) is 17.8 Å². The summed E-state index contributed by atoms with van der Waals surface area (Å²) in [4.78, 5) is 11.5. The quantitative estimate of drug-likeness (QED) is 0.377. The molecule has 126 valence electrons. The van der Waals surface area contributed by atoms with Crippen LogP contribution in [0.4, 0.5) is 0 Å². The van der Waals surface area contributed by atoms with Gasteiger partial charge in [0, 0.05) is 25.5 Å².